The third kappa shape index (κ3) is 3.03. The first-order valence-corrected chi connectivity index (χ1v) is 8.34. The van der Waals surface area contributed by atoms with E-state index >= 15 is 0 Å². The van der Waals surface area contributed by atoms with Crippen LogP contribution in [0.25, 0.3) is 0 Å². The summed E-state index contributed by atoms with van der Waals surface area (Å²) in [6.07, 6.45) is 3.06. The quantitative estimate of drug-likeness (QED) is 0.833. The van der Waals surface area contributed by atoms with Gasteiger partial charge in [-0.25, -0.2) is 0 Å². The number of rotatable bonds is 5. The van der Waals surface area contributed by atoms with Gasteiger partial charge in [0.2, 0.25) is 5.91 Å². The fraction of sp³-hybridized carbons (Fsp3) is 0.611. The summed E-state index contributed by atoms with van der Waals surface area (Å²) in [6.45, 7) is 4.91. The van der Waals surface area contributed by atoms with Crippen LogP contribution in [-0.2, 0) is 16.0 Å². The van der Waals surface area contributed by atoms with Gasteiger partial charge in [-0.05, 0) is 31.4 Å². The summed E-state index contributed by atoms with van der Waals surface area (Å²) in [5, 5.41) is 0. The zero-order valence-corrected chi connectivity index (χ0v) is 13.6. The smallest absolute Gasteiger partial charge is 0.240 e. The van der Waals surface area contributed by atoms with Gasteiger partial charge in [0.25, 0.3) is 0 Å². The molecule has 2 aliphatic rings. The first-order valence-electron chi connectivity index (χ1n) is 8.34. The van der Waals surface area contributed by atoms with Crippen molar-refractivity contribution in [3.05, 3.63) is 35.9 Å². The number of nitrogens with zero attached hydrogens (tertiary/aromatic N) is 2. The molecule has 0 aliphatic carbocycles. The first kappa shape index (κ1) is 15.5. The van der Waals surface area contributed by atoms with Crippen LogP contribution in [0.15, 0.2) is 30.3 Å². The maximum Gasteiger partial charge on any atom is 0.240 e. The van der Waals surface area contributed by atoms with Crippen LogP contribution in [0.5, 0.6) is 0 Å². The second kappa shape index (κ2) is 6.80. The number of ether oxygens (including phenoxy) is 1. The number of fused-ring (bicyclic) bond motifs is 1. The number of benzene rings is 1. The fourth-order valence-electron chi connectivity index (χ4n) is 3.82. The molecule has 3 rings (SSSR count). The van der Waals surface area contributed by atoms with Crippen LogP contribution in [0.2, 0.25) is 0 Å². The molecule has 22 heavy (non-hydrogen) atoms. The highest BCUT2D eigenvalue weighted by molar-refractivity contribution is 5.83. The summed E-state index contributed by atoms with van der Waals surface area (Å²) >= 11 is 0. The van der Waals surface area contributed by atoms with Gasteiger partial charge in [-0.2, -0.15) is 0 Å². The average Bonchev–Trinajstić information content (AvgIpc) is 2.96. The number of methoxy groups -OCH3 is 1. The summed E-state index contributed by atoms with van der Waals surface area (Å²) in [5.41, 5.74) is 1.24. The Morgan fingerprint density at radius 3 is 2.68 bits per heavy atom. The molecule has 4 heteroatoms. The molecule has 120 valence electrons. The predicted molar refractivity (Wildman–Crippen MR) is 86.7 cm³/mol. The lowest BCUT2D eigenvalue weighted by atomic mass is 9.99. The Balaban J connectivity index is 1.78. The van der Waals surface area contributed by atoms with Crippen LogP contribution >= 0.6 is 0 Å². The summed E-state index contributed by atoms with van der Waals surface area (Å²) in [5.74, 6) is 0.285. The molecular weight excluding hydrogens is 276 g/mol. The number of piperazine rings is 1. The van der Waals surface area contributed by atoms with Gasteiger partial charge in [0.15, 0.2) is 0 Å². The molecule has 0 radical (unpaired) electrons. The molecule has 0 aromatic heterocycles. The largest absolute Gasteiger partial charge is 0.380 e. The van der Waals surface area contributed by atoms with Gasteiger partial charge in [0.1, 0.15) is 0 Å². The standard InChI is InChI=1S/C18H26N2O2/c1-3-9-19-12-15-11-16(22-2)13-20(15)18(21)17(19)10-14-7-5-4-6-8-14/h4-8,15-17H,3,9-13H2,1-2H3/t15-,16-,17-/m0/s1. The molecule has 0 unspecified atom stereocenters. The molecule has 0 saturated carbocycles. The van der Waals surface area contributed by atoms with Crippen LogP contribution in [0.1, 0.15) is 25.3 Å². The molecule has 0 N–H and O–H groups in total. The number of hydrogen-bond donors (Lipinski definition) is 0. The molecule has 3 atom stereocenters. The van der Waals surface area contributed by atoms with Crippen molar-refractivity contribution in [1.82, 2.24) is 9.80 Å². The number of carbonyl (C=O) groups is 1. The molecule has 2 aliphatic heterocycles. The van der Waals surface area contributed by atoms with Gasteiger partial charge < -0.3 is 9.64 Å². The molecule has 2 fully saturated rings. The maximum absolute atomic E-state index is 13.0. The third-order valence-corrected chi connectivity index (χ3v) is 4.95. The molecule has 2 heterocycles. The summed E-state index contributed by atoms with van der Waals surface area (Å²) in [6, 6.07) is 10.7. The van der Waals surface area contributed by atoms with Gasteiger partial charge >= 0.3 is 0 Å². The zero-order valence-electron chi connectivity index (χ0n) is 13.6. The van der Waals surface area contributed by atoms with Gasteiger partial charge in [-0.3, -0.25) is 9.69 Å². The lowest BCUT2D eigenvalue weighted by Gasteiger charge is -2.42. The Morgan fingerprint density at radius 1 is 1.23 bits per heavy atom. The minimum Gasteiger partial charge on any atom is -0.380 e. The van der Waals surface area contributed by atoms with E-state index in [9.17, 15) is 4.79 Å². The second-order valence-corrected chi connectivity index (χ2v) is 6.44. The summed E-state index contributed by atoms with van der Waals surface area (Å²) < 4.78 is 5.49. The molecule has 2 saturated heterocycles. The van der Waals surface area contributed by atoms with Crippen molar-refractivity contribution < 1.29 is 9.53 Å². The van der Waals surface area contributed by atoms with Crippen LogP contribution in [0, 0.1) is 0 Å². The minimum atomic E-state index is -0.0193. The van der Waals surface area contributed by atoms with Crippen molar-refractivity contribution in [1.29, 1.82) is 0 Å². The van der Waals surface area contributed by atoms with E-state index in [-0.39, 0.29) is 18.1 Å². The lowest BCUT2D eigenvalue weighted by molar-refractivity contribution is -0.144. The SMILES string of the molecule is CCCN1C[C@@H]2C[C@H](OC)CN2C(=O)[C@@H]1Cc1ccccc1. The van der Waals surface area contributed by atoms with E-state index in [4.69, 9.17) is 4.74 Å². The highest BCUT2D eigenvalue weighted by Gasteiger charge is 2.44. The molecule has 1 aromatic rings. The van der Waals surface area contributed by atoms with E-state index in [2.05, 4.69) is 28.9 Å². The average molecular weight is 302 g/mol. The lowest BCUT2D eigenvalue weighted by Crippen LogP contribution is -2.60. The molecule has 0 bridgehead atoms. The van der Waals surface area contributed by atoms with E-state index < -0.39 is 0 Å². The monoisotopic (exact) mass is 302 g/mol. The van der Waals surface area contributed by atoms with Crippen LogP contribution < -0.4 is 0 Å². The van der Waals surface area contributed by atoms with Crippen molar-refractivity contribution >= 4 is 5.91 Å². The van der Waals surface area contributed by atoms with Crippen molar-refractivity contribution in [2.75, 3.05) is 26.7 Å². The Hall–Kier alpha value is -1.39. The fourth-order valence-corrected chi connectivity index (χ4v) is 3.82. The Bertz CT molecular complexity index is 505. The van der Waals surface area contributed by atoms with Gasteiger partial charge in [-0.15, -0.1) is 0 Å². The summed E-state index contributed by atoms with van der Waals surface area (Å²) in [4.78, 5) is 17.4. The highest BCUT2D eigenvalue weighted by Crippen LogP contribution is 2.28. The third-order valence-electron chi connectivity index (χ3n) is 4.95. The molecule has 1 aromatic carbocycles. The van der Waals surface area contributed by atoms with Crippen molar-refractivity contribution in [2.45, 2.75) is 44.4 Å². The highest BCUT2D eigenvalue weighted by atomic mass is 16.5. The molecule has 4 nitrogen and oxygen atoms in total. The van der Waals surface area contributed by atoms with Crippen LogP contribution in [-0.4, -0.2) is 60.6 Å². The molecular formula is C18H26N2O2. The first-order chi connectivity index (χ1) is 10.7. The maximum atomic E-state index is 13.0. The zero-order chi connectivity index (χ0) is 15.5. The molecule has 0 spiro atoms. The predicted octanol–water partition coefficient (Wildman–Crippen LogP) is 1.94. The summed E-state index contributed by atoms with van der Waals surface area (Å²) in [7, 11) is 1.75. The Labute approximate surface area is 133 Å². The normalized spacial score (nSPS) is 28.9. The number of amides is 1. The van der Waals surface area contributed by atoms with E-state index in [0.717, 1.165) is 38.9 Å². The second-order valence-electron chi connectivity index (χ2n) is 6.44. The van der Waals surface area contributed by atoms with Crippen molar-refractivity contribution in [3.8, 4) is 0 Å². The Morgan fingerprint density at radius 2 is 2.00 bits per heavy atom. The number of hydrogen-bond acceptors (Lipinski definition) is 3. The number of carbonyl (C=O) groups excluding carboxylic acids is 1. The van der Waals surface area contributed by atoms with E-state index in [0.29, 0.717) is 6.04 Å². The van der Waals surface area contributed by atoms with E-state index in [1.54, 1.807) is 7.11 Å². The van der Waals surface area contributed by atoms with Gasteiger partial charge in [0, 0.05) is 26.2 Å². The van der Waals surface area contributed by atoms with E-state index in [1.165, 1.54) is 5.56 Å². The minimum absolute atomic E-state index is 0.0193. The Kier molecular flexibility index (Phi) is 4.79. The topological polar surface area (TPSA) is 32.8 Å². The van der Waals surface area contributed by atoms with Crippen molar-refractivity contribution in [3.63, 3.8) is 0 Å². The van der Waals surface area contributed by atoms with Gasteiger partial charge in [0.05, 0.1) is 12.1 Å². The van der Waals surface area contributed by atoms with Crippen molar-refractivity contribution in [2.24, 2.45) is 0 Å². The van der Waals surface area contributed by atoms with Crippen LogP contribution in [0.4, 0.5) is 0 Å². The van der Waals surface area contributed by atoms with Crippen LogP contribution in [0.3, 0.4) is 0 Å². The van der Waals surface area contributed by atoms with Gasteiger partial charge in [-0.1, -0.05) is 37.3 Å². The molecule has 1 amide bonds. The van der Waals surface area contributed by atoms with E-state index in [1.807, 2.05) is 18.2 Å².